The number of carbonyl (C=O) groups excluding carboxylic acids is 1. The molecule has 0 spiro atoms. The Balaban J connectivity index is 1.55. The van der Waals surface area contributed by atoms with Gasteiger partial charge >= 0.3 is 0 Å². The number of aromatic nitrogens is 2. The number of amides is 1. The van der Waals surface area contributed by atoms with Crippen LogP contribution < -0.4 is 14.4 Å². The number of methoxy groups -OCH3 is 2. The molecule has 2 aliphatic rings. The number of nitrogens with zero attached hydrogens (tertiary/aromatic N) is 3. The van der Waals surface area contributed by atoms with E-state index in [4.69, 9.17) is 14.0 Å². The van der Waals surface area contributed by atoms with Crippen molar-refractivity contribution in [1.82, 2.24) is 10.1 Å². The van der Waals surface area contributed by atoms with E-state index >= 15 is 0 Å². The van der Waals surface area contributed by atoms with Crippen LogP contribution in [-0.4, -0.2) is 36.8 Å². The molecule has 1 aromatic carbocycles. The second-order valence-corrected chi connectivity index (χ2v) is 6.21. The van der Waals surface area contributed by atoms with Gasteiger partial charge in [0, 0.05) is 30.6 Å². The molecule has 1 saturated heterocycles. The lowest BCUT2D eigenvalue weighted by Crippen LogP contribution is -2.24. The van der Waals surface area contributed by atoms with Crippen LogP contribution in [0, 0.1) is 0 Å². The van der Waals surface area contributed by atoms with Crippen LogP contribution in [0.5, 0.6) is 11.5 Å². The van der Waals surface area contributed by atoms with Gasteiger partial charge in [0.25, 0.3) is 0 Å². The molecule has 1 unspecified atom stereocenters. The zero-order chi connectivity index (χ0) is 16.7. The highest BCUT2D eigenvalue weighted by Crippen LogP contribution is 2.40. The average molecular weight is 329 g/mol. The molecule has 1 atom stereocenters. The van der Waals surface area contributed by atoms with Gasteiger partial charge in [-0.2, -0.15) is 4.98 Å². The van der Waals surface area contributed by atoms with E-state index in [2.05, 4.69) is 10.1 Å². The van der Waals surface area contributed by atoms with Gasteiger partial charge in [0.2, 0.25) is 11.8 Å². The highest BCUT2D eigenvalue weighted by atomic mass is 16.5. The van der Waals surface area contributed by atoms with Gasteiger partial charge in [-0.1, -0.05) is 5.16 Å². The second kappa shape index (κ2) is 5.81. The maximum atomic E-state index is 12.4. The highest BCUT2D eigenvalue weighted by Gasteiger charge is 2.37. The summed E-state index contributed by atoms with van der Waals surface area (Å²) in [6.07, 6.45) is 2.63. The first-order valence-corrected chi connectivity index (χ1v) is 8.05. The van der Waals surface area contributed by atoms with Crippen LogP contribution in [0.2, 0.25) is 0 Å². The van der Waals surface area contributed by atoms with Crippen LogP contribution in [0.1, 0.15) is 42.8 Å². The summed E-state index contributed by atoms with van der Waals surface area (Å²) in [4.78, 5) is 18.6. The standard InChI is InChI=1S/C17H19N3O4/c1-22-13-6-5-12(8-14(13)23-2)20-9-11(7-15(20)21)17-18-16(19-24-17)10-3-4-10/h5-6,8,10-11H,3-4,7,9H2,1-2H3. The molecule has 1 saturated carbocycles. The Morgan fingerprint density at radius 1 is 1.17 bits per heavy atom. The predicted octanol–water partition coefficient (Wildman–Crippen LogP) is 2.48. The van der Waals surface area contributed by atoms with Crippen LogP contribution in [0.3, 0.4) is 0 Å². The van der Waals surface area contributed by atoms with Crippen molar-refractivity contribution in [2.24, 2.45) is 0 Å². The lowest BCUT2D eigenvalue weighted by molar-refractivity contribution is -0.117. The molecule has 0 bridgehead atoms. The summed E-state index contributed by atoms with van der Waals surface area (Å²) in [6.45, 7) is 0.528. The van der Waals surface area contributed by atoms with E-state index in [1.165, 1.54) is 0 Å². The van der Waals surface area contributed by atoms with Gasteiger partial charge < -0.3 is 18.9 Å². The first kappa shape index (κ1) is 15.0. The topological polar surface area (TPSA) is 77.7 Å². The maximum Gasteiger partial charge on any atom is 0.232 e. The molecule has 2 fully saturated rings. The molecule has 0 radical (unpaired) electrons. The Labute approximate surface area is 139 Å². The molecule has 1 aromatic heterocycles. The number of hydrogen-bond acceptors (Lipinski definition) is 6. The molecule has 126 valence electrons. The Kier molecular flexibility index (Phi) is 3.63. The van der Waals surface area contributed by atoms with Crippen LogP contribution in [0.15, 0.2) is 22.7 Å². The van der Waals surface area contributed by atoms with Gasteiger partial charge in [0.1, 0.15) is 0 Å². The molecule has 2 aromatic rings. The molecule has 7 heteroatoms. The fourth-order valence-corrected chi connectivity index (χ4v) is 3.04. The van der Waals surface area contributed by atoms with Gasteiger partial charge in [0.15, 0.2) is 17.3 Å². The SMILES string of the molecule is COc1ccc(N2CC(c3nc(C4CC4)no3)CC2=O)cc1OC. The van der Waals surface area contributed by atoms with E-state index in [-0.39, 0.29) is 11.8 Å². The minimum absolute atomic E-state index is 0.0402. The summed E-state index contributed by atoms with van der Waals surface area (Å²) >= 11 is 0. The Morgan fingerprint density at radius 3 is 2.67 bits per heavy atom. The van der Waals surface area contributed by atoms with Gasteiger partial charge in [0.05, 0.1) is 20.1 Å². The highest BCUT2D eigenvalue weighted by molar-refractivity contribution is 5.96. The molecule has 1 aliphatic carbocycles. The summed E-state index contributed by atoms with van der Waals surface area (Å²) in [5, 5.41) is 4.04. The summed E-state index contributed by atoms with van der Waals surface area (Å²) in [5.41, 5.74) is 0.780. The number of carbonyl (C=O) groups is 1. The van der Waals surface area contributed by atoms with Crippen molar-refractivity contribution in [1.29, 1.82) is 0 Å². The third-order valence-electron chi connectivity index (χ3n) is 4.55. The number of hydrogen-bond donors (Lipinski definition) is 0. The zero-order valence-electron chi connectivity index (χ0n) is 13.7. The molecule has 4 rings (SSSR count). The minimum atomic E-state index is -0.0643. The van der Waals surface area contributed by atoms with E-state index in [9.17, 15) is 4.79 Å². The van der Waals surface area contributed by atoms with Crippen molar-refractivity contribution >= 4 is 11.6 Å². The predicted molar refractivity (Wildman–Crippen MR) is 85.5 cm³/mol. The summed E-state index contributed by atoms with van der Waals surface area (Å²) < 4.78 is 15.9. The molecule has 24 heavy (non-hydrogen) atoms. The van der Waals surface area contributed by atoms with E-state index in [0.717, 1.165) is 24.4 Å². The molecule has 0 N–H and O–H groups in total. The molecule has 7 nitrogen and oxygen atoms in total. The van der Waals surface area contributed by atoms with Crippen molar-refractivity contribution in [2.75, 3.05) is 25.7 Å². The third-order valence-corrected chi connectivity index (χ3v) is 4.55. The summed E-state index contributed by atoms with van der Waals surface area (Å²) in [6, 6.07) is 5.46. The summed E-state index contributed by atoms with van der Waals surface area (Å²) in [7, 11) is 3.16. The molecule has 1 amide bonds. The Hall–Kier alpha value is -2.57. The quantitative estimate of drug-likeness (QED) is 0.838. The van der Waals surface area contributed by atoms with Crippen molar-refractivity contribution in [3.63, 3.8) is 0 Å². The average Bonchev–Trinajstić information content (AvgIpc) is 3.21. The van der Waals surface area contributed by atoms with E-state index < -0.39 is 0 Å². The molecular formula is C17H19N3O4. The van der Waals surface area contributed by atoms with Crippen molar-refractivity contribution in [3.05, 3.63) is 29.9 Å². The fraction of sp³-hybridized carbons (Fsp3) is 0.471. The van der Waals surface area contributed by atoms with Gasteiger partial charge in [-0.3, -0.25) is 4.79 Å². The third kappa shape index (κ3) is 2.60. The van der Waals surface area contributed by atoms with E-state index in [0.29, 0.717) is 36.3 Å². The summed E-state index contributed by atoms with van der Waals surface area (Å²) in [5.74, 6) is 3.00. The Bertz CT molecular complexity index is 769. The lowest BCUT2D eigenvalue weighted by atomic mass is 10.1. The molecule has 2 heterocycles. The van der Waals surface area contributed by atoms with Gasteiger partial charge in [-0.05, 0) is 25.0 Å². The van der Waals surface area contributed by atoms with Gasteiger partial charge in [-0.15, -0.1) is 0 Å². The first-order chi connectivity index (χ1) is 11.7. The number of rotatable bonds is 5. The first-order valence-electron chi connectivity index (χ1n) is 8.05. The van der Waals surface area contributed by atoms with Crippen molar-refractivity contribution in [3.8, 4) is 11.5 Å². The fourth-order valence-electron chi connectivity index (χ4n) is 3.04. The van der Waals surface area contributed by atoms with Crippen molar-refractivity contribution < 1.29 is 18.8 Å². The second-order valence-electron chi connectivity index (χ2n) is 6.21. The van der Waals surface area contributed by atoms with Crippen molar-refractivity contribution in [2.45, 2.75) is 31.1 Å². The van der Waals surface area contributed by atoms with E-state index in [1.807, 2.05) is 12.1 Å². The maximum absolute atomic E-state index is 12.4. The van der Waals surface area contributed by atoms with Crippen LogP contribution >= 0.6 is 0 Å². The Morgan fingerprint density at radius 2 is 1.96 bits per heavy atom. The van der Waals surface area contributed by atoms with E-state index in [1.54, 1.807) is 25.2 Å². The normalized spacial score (nSPS) is 20.5. The number of benzene rings is 1. The monoisotopic (exact) mass is 329 g/mol. The number of ether oxygens (including phenoxy) is 2. The van der Waals surface area contributed by atoms with Crippen LogP contribution in [-0.2, 0) is 4.79 Å². The molecule has 1 aliphatic heterocycles. The molecular weight excluding hydrogens is 310 g/mol. The lowest BCUT2D eigenvalue weighted by Gasteiger charge is -2.18. The largest absolute Gasteiger partial charge is 0.493 e. The number of anilines is 1. The minimum Gasteiger partial charge on any atom is -0.493 e. The smallest absolute Gasteiger partial charge is 0.232 e. The van der Waals surface area contributed by atoms with Crippen LogP contribution in [0.4, 0.5) is 5.69 Å². The van der Waals surface area contributed by atoms with Crippen LogP contribution in [0.25, 0.3) is 0 Å². The van der Waals surface area contributed by atoms with Gasteiger partial charge in [-0.25, -0.2) is 0 Å². The zero-order valence-corrected chi connectivity index (χ0v) is 13.7.